The van der Waals surface area contributed by atoms with Crippen molar-refractivity contribution in [3.63, 3.8) is 0 Å². The van der Waals surface area contributed by atoms with Crippen molar-refractivity contribution in [3.05, 3.63) is 90.1 Å². The lowest BCUT2D eigenvalue weighted by molar-refractivity contribution is -0.137. The number of nitrogens with zero attached hydrogens (tertiary/aromatic N) is 4. The van der Waals surface area contributed by atoms with E-state index in [2.05, 4.69) is 15.1 Å². The molecule has 0 fully saturated rings. The molecule has 4 rings (SSSR count). The van der Waals surface area contributed by atoms with Crippen LogP contribution in [0.3, 0.4) is 0 Å². The van der Waals surface area contributed by atoms with Gasteiger partial charge in [0.15, 0.2) is 0 Å². The largest absolute Gasteiger partial charge is 0.416 e. The van der Waals surface area contributed by atoms with Crippen molar-refractivity contribution < 1.29 is 13.2 Å². The zero-order valence-corrected chi connectivity index (χ0v) is 13.4. The van der Waals surface area contributed by atoms with E-state index in [9.17, 15) is 13.2 Å². The molecule has 4 nitrogen and oxygen atoms in total. The Morgan fingerprint density at radius 2 is 1.77 bits per heavy atom. The quantitative estimate of drug-likeness (QED) is 0.545. The van der Waals surface area contributed by atoms with Gasteiger partial charge in [0.1, 0.15) is 18.7 Å². The number of benzene rings is 2. The first-order valence-corrected chi connectivity index (χ1v) is 7.88. The molecule has 0 spiro atoms. The summed E-state index contributed by atoms with van der Waals surface area (Å²) in [6.45, 7) is 0. The molecule has 1 unspecified atom stereocenters. The van der Waals surface area contributed by atoms with Crippen LogP contribution in [0.4, 0.5) is 13.2 Å². The third-order valence-corrected chi connectivity index (χ3v) is 4.17. The number of hydrogen-bond donors (Lipinski definition) is 0. The number of alkyl halides is 3. The van der Waals surface area contributed by atoms with E-state index in [1.165, 1.54) is 18.7 Å². The molecule has 0 amide bonds. The second-order valence-electron chi connectivity index (χ2n) is 5.86. The molecule has 2 aromatic carbocycles. The zero-order valence-electron chi connectivity index (χ0n) is 13.4. The van der Waals surface area contributed by atoms with Crippen LogP contribution in [0.1, 0.15) is 22.7 Å². The third-order valence-electron chi connectivity index (χ3n) is 4.17. The van der Waals surface area contributed by atoms with E-state index in [1.807, 2.05) is 30.3 Å². The number of rotatable bonds is 3. The maximum Gasteiger partial charge on any atom is 0.416 e. The van der Waals surface area contributed by atoms with Gasteiger partial charge in [-0.1, -0.05) is 24.3 Å². The van der Waals surface area contributed by atoms with Gasteiger partial charge in [-0.25, -0.2) is 9.67 Å². The third kappa shape index (κ3) is 3.03. The molecule has 0 N–H and O–H groups in total. The van der Waals surface area contributed by atoms with Crippen LogP contribution in [0.25, 0.3) is 10.9 Å². The van der Waals surface area contributed by atoms with E-state index >= 15 is 0 Å². The van der Waals surface area contributed by atoms with Gasteiger partial charge in [-0.3, -0.25) is 4.98 Å². The van der Waals surface area contributed by atoms with Crippen molar-refractivity contribution in [2.45, 2.75) is 12.2 Å². The zero-order chi connectivity index (χ0) is 18.1. The first-order chi connectivity index (χ1) is 12.5. The lowest BCUT2D eigenvalue weighted by atomic mass is 9.96. The smallest absolute Gasteiger partial charge is 0.256 e. The molecule has 0 saturated heterocycles. The van der Waals surface area contributed by atoms with E-state index in [1.54, 1.807) is 16.9 Å². The average Bonchev–Trinajstić information content (AvgIpc) is 3.16. The number of hydrogen-bond acceptors (Lipinski definition) is 3. The summed E-state index contributed by atoms with van der Waals surface area (Å²) >= 11 is 0. The van der Waals surface area contributed by atoms with Crippen molar-refractivity contribution in [2.24, 2.45) is 0 Å². The highest BCUT2D eigenvalue weighted by molar-refractivity contribution is 5.79. The molecule has 0 aliphatic carbocycles. The van der Waals surface area contributed by atoms with Crippen LogP contribution in [0.15, 0.2) is 73.4 Å². The van der Waals surface area contributed by atoms with Crippen molar-refractivity contribution in [2.75, 3.05) is 0 Å². The lowest BCUT2D eigenvalue weighted by Gasteiger charge is -2.20. The minimum absolute atomic E-state index is 0.480. The van der Waals surface area contributed by atoms with Crippen molar-refractivity contribution in [1.82, 2.24) is 19.7 Å². The summed E-state index contributed by atoms with van der Waals surface area (Å²) in [5.41, 5.74) is 1.41. The van der Waals surface area contributed by atoms with Gasteiger partial charge in [0.2, 0.25) is 0 Å². The molecule has 1 atom stereocenters. The molecule has 2 aromatic heterocycles. The van der Waals surface area contributed by atoms with Crippen LogP contribution in [0, 0.1) is 0 Å². The molecular formula is C19H13F3N4. The van der Waals surface area contributed by atoms with Crippen LogP contribution in [-0.4, -0.2) is 19.7 Å². The fourth-order valence-electron chi connectivity index (χ4n) is 3.00. The number of fused-ring (bicyclic) bond motifs is 1. The molecule has 130 valence electrons. The van der Waals surface area contributed by atoms with E-state index in [-0.39, 0.29) is 0 Å². The summed E-state index contributed by atoms with van der Waals surface area (Å²) in [7, 11) is 0. The summed E-state index contributed by atoms with van der Waals surface area (Å²) in [5, 5.41) is 5.05. The molecule has 0 radical (unpaired) electrons. The van der Waals surface area contributed by atoms with E-state index in [0.29, 0.717) is 5.56 Å². The summed E-state index contributed by atoms with van der Waals surface area (Å²) in [5.74, 6) is 0. The maximum absolute atomic E-state index is 13.1. The van der Waals surface area contributed by atoms with Gasteiger partial charge in [-0.2, -0.15) is 18.3 Å². The minimum Gasteiger partial charge on any atom is -0.256 e. The second-order valence-corrected chi connectivity index (χ2v) is 5.86. The highest BCUT2D eigenvalue weighted by Gasteiger charge is 2.31. The van der Waals surface area contributed by atoms with Gasteiger partial charge in [0.05, 0.1) is 11.1 Å². The molecule has 4 aromatic rings. The van der Waals surface area contributed by atoms with Crippen molar-refractivity contribution in [1.29, 1.82) is 0 Å². The number of halogens is 3. The Labute approximate surface area is 147 Å². The fourth-order valence-corrected chi connectivity index (χ4v) is 3.00. The Morgan fingerprint density at radius 3 is 2.54 bits per heavy atom. The van der Waals surface area contributed by atoms with Crippen LogP contribution in [0.2, 0.25) is 0 Å². The first kappa shape index (κ1) is 16.3. The standard InChI is InChI=1S/C19H13F3N4/c20-19(21,22)16-5-1-3-14(10-16)18(26-12-23-11-25-26)15-6-7-17-13(9-15)4-2-8-24-17/h1-12,18H. The summed E-state index contributed by atoms with van der Waals surface area (Å²) in [6.07, 6.45) is 0.154. The average molecular weight is 354 g/mol. The van der Waals surface area contributed by atoms with Crippen molar-refractivity contribution in [3.8, 4) is 0 Å². The molecule has 7 heteroatoms. The van der Waals surface area contributed by atoms with E-state index in [4.69, 9.17) is 0 Å². The Morgan fingerprint density at radius 1 is 0.923 bits per heavy atom. The van der Waals surface area contributed by atoms with E-state index in [0.717, 1.165) is 28.6 Å². The molecule has 0 aliphatic rings. The highest BCUT2D eigenvalue weighted by atomic mass is 19.4. The summed E-state index contributed by atoms with van der Waals surface area (Å²) in [6, 6.07) is 14.1. The first-order valence-electron chi connectivity index (χ1n) is 7.88. The molecule has 26 heavy (non-hydrogen) atoms. The van der Waals surface area contributed by atoms with E-state index < -0.39 is 17.8 Å². The van der Waals surface area contributed by atoms with Crippen LogP contribution >= 0.6 is 0 Å². The van der Waals surface area contributed by atoms with Gasteiger partial charge in [0, 0.05) is 11.6 Å². The highest BCUT2D eigenvalue weighted by Crippen LogP contribution is 2.34. The molecule has 0 bridgehead atoms. The van der Waals surface area contributed by atoms with Gasteiger partial charge in [0.25, 0.3) is 0 Å². The topological polar surface area (TPSA) is 43.6 Å². The number of aromatic nitrogens is 4. The van der Waals surface area contributed by atoms with Gasteiger partial charge in [-0.05, 0) is 41.5 Å². The van der Waals surface area contributed by atoms with Gasteiger partial charge < -0.3 is 0 Å². The second kappa shape index (κ2) is 6.25. The van der Waals surface area contributed by atoms with Gasteiger partial charge in [-0.15, -0.1) is 0 Å². The Bertz CT molecular complexity index is 1040. The number of pyridine rings is 1. The minimum atomic E-state index is -4.41. The SMILES string of the molecule is FC(F)(F)c1cccc(C(c2ccc3ncccc3c2)n2cncn2)c1. The monoisotopic (exact) mass is 354 g/mol. The molecule has 2 heterocycles. The summed E-state index contributed by atoms with van der Waals surface area (Å²) < 4.78 is 41.0. The lowest BCUT2D eigenvalue weighted by Crippen LogP contribution is -2.14. The van der Waals surface area contributed by atoms with Crippen LogP contribution in [-0.2, 0) is 6.18 Å². The molecule has 0 aliphatic heterocycles. The van der Waals surface area contributed by atoms with Crippen molar-refractivity contribution >= 4 is 10.9 Å². The Balaban J connectivity index is 1.88. The predicted molar refractivity (Wildman–Crippen MR) is 90.5 cm³/mol. The normalized spacial score (nSPS) is 13.0. The van der Waals surface area contributed by atoms with Crippen LogP contribution in [0.5, 0.6) is 0 Å². The van der Waals surface area contributed by atoms with Crippen LogP contribution < -0.4 is 0 Å². The Hall–Kier alpha value is -3.22. The molecular weight excluding hydrogens is 341 g/mol. The fraction of sp³-hybridized carbons (Fsp3) is 0.105. The summed E-state index contributed by atoms with van der Waals surface area (Å²) in [4.78, 5) is 8.22. The molecule has 0 saturated carbocycles. The predicted octanol–water partition coefficient (Wildman–Crippen LogP) is 4.48. The Kier molecular flexibility index (Phi) is 3.91. The maximum atomic E-state index is 13.1. The van der Waals surface area contributed by atoms with Gasteiger partial charge >= 0.3 is 6.18 Å².